The van der Waals surface area contributed by atoms with E-state index in [2.05, 4.69) is 10.3 Å². The van der Waals surface area contributed by atoms with E-state index in [1.54, 1.807) is 24.4 Å². The average molecular weight is 256 g/mol. The zero-order chi connectivity index (χ0) is 13.2. The molecule has 0 bridgehead atoms. The maximum absolute atomic E-state index is 12.0. The van der Waals surface area contributed by atoms with Crippen LogP contribution in [0.4, 0.5) is 13.2 Å². The Morgan fingerprint density at radius 2 is 2.06 bits per heavy atom. The molecule has 6 heteroatoms. The summed E-state index contributed by atoms with van der Waals surface area (Å²) in [6.45, 7) is -0.417. The number of aromatic nitrogens is 1. The number of alkyl halides is 3. The van der Waals surface area contributed by atoms with E-state index in [1.807, 2.05) is 6.07 Å². The van der Waals surface area contributed by atoms with Crippen LogP contribution in [0.5, 0.6) is 0 Å². The number of amides is 1. The second kappa shape index (κ2) is 4.72. The minimum atomic E-state index is -4.26. The molecule has 1 heterocycles. The Morgan fingerprint density at radius 1 is 1.28 bits per heavy atom. The van der Waals surface area contributed by atoms with Crippen molar-refractivity contribution in [3.05, 3.63) is 36.0 Å². The van der Waals surface area contributed by atoms with Crippen molar-refractivity contribution in [2.75, 3.05) is 6.54 Å². The van der Waals surface area contributed by atoms with Crippen LogP contribution in [0.15, 0.2) is 30.5 Å². The Morgan fingerprint density at radius 3 is 2.78 bits per heavy atom. The summed E-state index contributed by atoms with van der Waals surface area (Å²) in [5, 5.41) is 3.10. The van der Waals surface area contributed by atoms with Crippen molar-refractivity contribution in [3.63, 3.8) is 0 Å². The molecule has 2 rings (SSSR count). The summed E-state index contributed by atoms with van der Waals surface area (Å²) in [4.78, 5) is 14.6. The number of hydrogen-bond donors (Lipinski definition) is 2. The van der Waals surface area contributed by atoms with Gasteiger partial charge in [-0.3, -0.25) is 4.79 Å². The molecule has 3 nitrogen and oxygen atoms in total. The van der Waals surface area contributed by atoms with E-state index < -0.39 is 25.0 Å². The average Bonchev–Trinajstić information content (AvgIpc) is 2.74. The fourth-order valence-electron chi connectivity index (χ4n) is 1.69. The molecule has 0 atom stereocenters. The van der Waals surface area contributed by atoms with Crippen LogP contribution in [-0.2, 0) is 0 Å². The monoisotopic (exact) mass is 256 g/mol. The van der Waals surface area contributed by atoms with Crippen molar-refractivity contribution >= 4 is 16.8 Å². The second-order valence-electron chi connectivity index (χ2n) is 3.87. The predicted molar refractivity (Wildman–Crippen MR) is 61.3 cm³/mol. The standard InChI is InChI=1S/C12H11F3N2O/c13-12(14,15)5-7-17-11(18)9-3-1-2-8-4-6-16-10(8)9/h1-4,6,16H,5,7H2,(H,17,18). The molecule has 0 aliphatic rings. The molecule has 0 saturated heterocycles. The molecule has 0 aliphatic heterocycles. The zero-order valence-electron chi connectivity index (χ0n) is 9.34. The van der Waals surface area contributed by atoms with Gasteiger partial charge in [-0.05, 0) is 12.1 Å². The largest absolute Gasteiger partial charge is 0.390 e. The fourth-order valence-corrected chi connectivity index (χ4v) is 1.69. The number of carbonyl (C=O) groups is 1. The van der Waals surface area contributed by atoms with Crippen molar-refractivity contribution in [1.29, 1.82) is 0 Å². The summed E-state index contributed by atoms with van der Waals surface area (Å²) in [6, 6.07) is 6.87. The Hall–Kier alpha value is -1.98. The van der Waals surface area contributed by atoms with E-state index in [0.29, 0.717) is 11.1 Å². The molecule has 0 radical (unpaired) electrons. The van der Waals surface area contributed by atoms with Gasteiger partial charge >= 0.3 is 6.18 Å². The molecule has 96 valence electrons. The molecule has 0 unspecified atom stereocenters. The van der Waals surface area contributed by atoms with Crippen LogP contribution in [0.3, 0.4) is 0 Å². The summed E-state index contributed by atoms with van der Waals surface area (Å²) >= 11 is 0. The van der Waals surface area contributed by atoms with Crippen LogP contribution in [0.25, 0.3) is 10.9 Å². The van der Waals surface area contributed by atoms with Gasteiger partial charge in [0.1, 0.15) is 0 Å². The van der Waals surface area contributed by atoms with Crippen molar-refractivity contribution in [2.24, 2.45) is 0 Å². The van der Waals surface area contributed by atoms with Gasteiger partial charge in [0.15, 0.2) is 0 Å². The van der Waals surface area contributed by atoms with Crippen LogP contribution in [0.2, 0.25) is 0 Å². The SMILES string of the molecule is O=C(NCCC(F)(F)F)c1cccc2cc[nH]c12. The maximum atomic E-state index is 12.0. The van der Waals surface area contributed by atoms with Crippen molar-refractivity contribution < 1.29 is 18.0 Å². The molecule has 1 aromatic carbocycles. The lowest BCUT2D eigenvalue weighted by Crippen LogP contribution is -2.28. The number of para-hydroxylation sites is 1. The summed E-state index contributed by atoms with van der Waals surface area (Å²) in [6.07, 6.45) is -3.61. The third kappa shape index (κ3) is 2.82. The molecule has 0 saturated carbocycles. The number of rotatable bonds is 3. The van der Waals surface area contributed by atoms with Gasteiger partial charge in [0.2, 0.25) is 0 Å². The zero-order valence-corrected chi connectivity index (χ0v) is 9.34. The van der Waals surface area contributed by atoms with Crippen LogP contribution in [0.1, 0.15) is 16.8 Å². The van der Waals surface area contributed by atoms with Gasteiger partial charge in [-0.2, -0.15) is 13.2 Å². The molecule has 0 aliphatic carbocycles. The van der Waals surface area contributed by atoms with Gasteiger partial charge < -0.3 is 10.3 Å². The van der Waals surface area contributed by atoms with Gasteiger partial charge in [-0.1, -0.05) is 12.1 Å². The number of nitrogens with one attached hydrogen (secondary N) is 2. The number of fused-ring (bicyclic) bond motifs is 1. The summed E-state index contributed by atoms with van der Waals surface area (Å²) in [5.41, 5.74) is 0.974. The highest BCUT2D eigenvalue weighted by molar-refractivity contribution is 6.05. The molecule has 0 fully saturated rings. The quantitative estimate of drug-likeness (QED) is 0.871. The summed E-state index contributed by atoms with van der Waals surface area (Å²) < 4.78 is 35.9. The van der Waals surface area contributed by atoms with Gasteiger partial charge in [-0.15, -0.1) is 0 Å². The molecule has 18 heavy (non-hydrogen) atoms. The number of halogens is 3. The first-order chi connectivity index (χ1) is 8.47. The molecular formula is C12H11F3N2O. The Balaban J connectivity index is 2.07. The van der Waals surface area contributed by atoms with Gasteiger partial charge in [0.05, 0.1) is 17.5 Å². The van der Waals surface area contributed by atoms with E-state index >= 15 is 0 Å². The molecule has 2 aromatic rings. The molecule has 2 N–H and O–H groups in total. The summed E-state index contributed by atoms with van der Waals surface area (Å²) in [5.74, 6) is -0.507. The third-order valence-corrected chi connectivity index (χ3v) is 2.53. The highest BCUT2D eigenvalue weighted by Gasteiger charge is 2.26. The first-order valence-corrected chi connectivity index (χ1v) is 5.38. The summed E-state index contributed by atoms with van der Waals surface area (Å²) in [7, 11) is 0. The first-order valence-electron chi connectivity index (χ1n) is 5.38. The number of benzene rings is 1. The van der Waals surface area contributed by atoms with Crippen LogP contribution in [0, 0.1) is 0 Å². The van der Waals surface area contributed by atoms with Gasteiger partial charge in [0.25, 0.3) is 5.91 Å². The number of H-pyrrole nitrogens is 1. The first kappa shape index (κ1) is 12.5. The van der Waals surface area contributed by atoms with Crippen LogP contribution >= 0.6 is 0 Å². The van der Waals surface area contributed by atoms with Crippen molar-refractivity contribution in [2.45, 2.75) is 12.6 Å². The number of aromatic amines is 1. The van der Waals surface area contributed by atoms with E-state index in [9.17, 15) is 18.0 Å². The topological polar surface area (TPSA) is 44.9 Å². The van der Waals surface area contributed by atoms with Crippen LogP contribution < -0.4 is 5.32 Å². The fraction of sp³-hybridized carbons (Fsp3) is 0.250. The number of carbonyl (C=O) groups excluding carboxylic acids is 1. The van der Waals surface area contributed by atoms with Gasteiger partial charge in [-0.25, -0.2) is 0 Å². The Bertz CT molecular complexity index is 560. The molecular weight excluding hydrogens is 245 g/mol. The van der Waals surface area contributed by atoms with E-state index in [1.165, 1.54) is 0 Å². The molecule has 1 aromatic heterocycles. The Labute approximate surface area is 101 Å². The maximum Gasteiger partial charge on any atom is 0.390 e. The van der Waals surface area contributed by atoms with Gasteiger partial charge in [0, 0.05) is 18.1 Å². The third-order valence-electron chi connectivity index (χ3n) is 2.53. The lowest BCUT2D eigenvalue weighted by molar-refractivity contribution is -0.132. The van der Waals surface area contributed by atoms with Crippen molar-refractivity contribution in [1.82, 2.24) is 10.3 Å². The van der Waals surface area contributed by atoms with E-state index in [0.717, 1.165) is 5.39 Å². The lowest BCUT2D eigenvalue weighted by atomic mass is 10.1. The van der Waals surface area contributed by atoms with Crippen LogP contribution in [-0.4, -0.2) is 23.6 Å². The molecule has 0 spiro atoms. The van der Waals surface area contributed by atoms with E-state index in [-0.39, 0.29) is 0 Å². The smallest absolute Gasteiger partial charge is 0.361 e. The minimum absolute atomic E-state index is 0.347. The predicted octanol–water partition coefficient (Wildman–Crippen LogP) is 2.85. The van der Waals surface area contributed by atoms with E-state index in [4.69, 9.17) is 0 Å². The second-order valence-corrected chi connectivity index (χ2v) is 3.87. The number of hydrogen-bond acceptors (Lipinski definition) is 1. The highest BCUT2D eigenvalue weighted by Crippen LogP contribution is 2.19. The lowest BCUT2D eigenvalue weighted by Gasteiger charge is -2.08. The Kier molecular flexibility index (Phi) is 3.27. The minimum Gasteiger partial charge on any atom is -0.361 e. The highest BCUT2D eigenvalue weighted by atomic mass is 19.4. The normalized spacial score (nSPS) is 11.7. The van der Waals surface area contributed by atoms with Crippen molar-refractivity contribution in [3.8, 4) is 0 Å². The molecule has 1 amide bonds.